The van der Waals surface area contributed by atoms with Gasteiger partial charge < -0.3 is 14.4 Å². The van der Waals surface area contributed by atoms with E-state index < -0.39 is 0 Å². The van der Waals surface area contributed by atoms with Crippen molar-refractivity contribution in [3.63, 3.8) is 0 Å². The maximum Gasteiger partial charge on any atom is 0.250 e. The number of hydrogen-bond acceptors (Lipinski definition) is 6. The van der Waals surface area contributed by atoms with Crippen molar-refractivity contribution in [1.82, 2.24) is 14.9 Å². The third-order valence-electron chi connectivity index (χ3n) is 3.99. The maximum atomic E-state index is 11.9. The molecule has 1 amide bonds. The average Bonchev–Trinajstić information content (AvgIpc) is 3.13. The summed E-state index contributed by atoms with van der Waals surface area (Å²) in [4.78, 5) is 22.5. The third kappa shape index (κ3) is 5.24. The van der Waals surface area contributed by atoms with Gasteiger partial charge in [-0.3, -0.25) is 10.1 Å². The number of carbonyl (C=O) groups is 1. The monoisotopic (exact) mass is 356 g/mol. The van der Waals surface area contributed by atoms with Crippen molar-refractivity contribution < 1.29 is 14.3 Å². The third-order valence-corrected chi connectivity index (χ3v) is 3.99. The summed E-state index contributed by atoms with van der Waals surface area (Å²) in [6.07, 6.45) is 7.24. The van der Waals surface area contributed by atoms with Crippen LogP contribution < -0.4 is 10.1 Å². The van der Waals surface area contributed by atoms with Crippen LogP contribution in [-0.4, -0.2) is 60.7 Å². The highest BCUT2D eigenvalue weighted by Gasteiger charge is 2.16. The molecule has 138 valence electrons. The fraction of sp³-hybridized carbons (Fsp3) is 0.421. The Kier molecular flexibility index (Phi) is 6.14. The molecule has 1 aliphatic rings. The SMILES string of the molecule is CN(C)CC=CC(=O)Nc1ncc2ccc(OC[C@H]3CCCO3)cc2n1. The van der Waals surface area contributed by atoms with Crippen LogP contribution in [0.1, 0.15) is 12.8 Å². The van der Waals surface area contributed by atoms with Gasteiger partial charge in [0.25, 0.3) is 0 Å². The van der Waals surface area contributed by atoms with E-state index in [9.17, 15) is 4.79 Å². The van der Waals surface area contributed by atoms with E-state index in [1.54, 1.807) is 12.3 Å². The number of nitrogens with zero attached hydrogens (tertiary/aromatic N) is 3. The van der Waals surface area contributed by atoms with Crippen molar-refractivity contribution in [3.8, 4) is 5.75 Å². The number of rotatable bonds is 7. The molecule has 1 fully saturated rings. The first-order valence-electron chi connectivity index (χ1n) is 8.73. The molecule has 1 aromatic heterocycles. The van der Waals surface area contributed by atoms with Crippen LogP contribution in [0.4, 0.5) is 5.95 Å². The van der Waals surface area contributed by atoms with Gasteiger partial charge >= 0.3 is 0 Å². The molecule has 0 spiro atoms. The van der Waals surface area contributed by atoms with Gasteiger partial charge in [-0.1, -0.05) is 6.08 Å². The van der Waals surface area contributed by atoms with Gasteiger partial charge in [-0.2, -0.15) is 0 Å². The van der Waals surface area contributed by atoms with E-state index in [0.29, 0.717) is 13.2 Å². The molecule has 26 heavy (non-hydrogen) atoms. The zero-order valence-electron chi connectivity index (χ0n) is 15.1. The topological polar surface area (TPSA) is 76.6 Å². The zero-order valence-corrected chi connectivity index (χ0v) is 15.1. The van der Waals surface area contributed by atoms with E-state index in [2.05, 4.69) is 15.3 Å². The second kappa shape index (κ2) is 8.73. The Balaban J connectivity index is 1.64. The first-order valence-corrected chi connectivity index (χ1v) is 8.73. The quantitative estimate of drug-likeness (QED) is 0.767. The molecule has 1 atom stereocenters. The molecule has 7 heteroatoms. The number of nitrogens with one attached hydrogen (secondary N) is 1. The number of anilines is 1. The van der Waals surface area contributed by atoms with Gasteiger partial charge in [0.1, 0.15) is 12.4 Å². The van der Waals surface area contributed by atoms with E-state index in [-0.39, 0.29) is 18.0 Å². The molecule has 1 saturated heterocycles. The number of ether oxygens (including phenoxy) is 2. The molecule has 3 rings (SSSR count). The van der Waals surface area contributed by atoms with Crippen LogP contribution in [0.15, 0.2) is 36.5 Å². The van der Waals surface area contributed by atoms with Gasteiger partial charge in [0.05, 0.1) is 11.6 Å². The van der Waals surface area contributed by atoms with Gasteiger partial charge in [0, 0.05) is 36.9 Å². The molecular weight excluding hydrogens is 332 g/mol. The van der Waals surface area contributed by atoms with Crippen molar-refractivity contribution in [2.45, 2.75) is 18.9 Å². The number of hydrogen-bond donors (Lipinski definition) is 1. The van der Waals surface area contributed by atoms with Crippen molar-refractivity contribution in [1.29, 1.82) is 0 Å². The van der Waals surface area contributed by atoms with E-state index in [4.69, 9.17) is 9.47 Å². The number of benzene rings is 1. The minimum absolute atomic E-state index is 0.167. The van der Waals surface area contributed by atoms with Crippen LogP contribution in [0.25, 0.3) is 10.9 Å². The molecule has 1 aliphatic heterocycles. The normalized spacial score (nSPS) is 17.3. The van der Waals surface area contributed by atoms with Crippen LogP contribution in [0, 0.1) is 0 Å². The van der Waals surface area contributed by atoms with E-state index >= 15 is 0 Å². The van der Waals surface area contributed by atoms with Crippen LogP contribution in [-0.2, 0) is 9.53 Å². The predicted octanol–water partition coefficient (Wildman–Crippen LogP) is 2.24. The van der Waals surface area contributed by atoms with Gasteiger partial charge in [-0.25, -0.2) is 9.97 Å². The first kappa shape index (κ1) is 18.3. The fourth-order valence-corrected chi connectivity index (χ4v) is 2.64. The number of fused-ring (bicyclic) bond motifs is 1. The molecule has 0 aliphatic carbocycles. The molecule has 0 bridgehead atoms. The Bertz CT molecular complexity index is 785. The molecule has 7 nitrogen and oxygen atoms in total. The Morgan fingerprint density at radius 1 is 1.46 bits per heavy atom. The smallest absolute Gasteiger partial charge is 0.250 e. The van der Waals surface area contributed by atoms with Gasteiger partial charge in [0.15, 0.2) is 0 Å². The summed E-state index contributed by atoms with van der Waals surface area (Å²) >= 11 is 0. The molecular formula is C19H24N4O3. The standard InChI is InChI=1S/C19H24N4O3/c1-23(2)9-3-6-18(24)22-19-20-12-14-7-8-15(11-17(14)21-19)26-13-16-5-4-10-25-16/h3,6-8,11-12,16H,4-5,9-10,13H2,1-2H3,(H,20,21,22,24)/t16-/m1/s1. The van der Waals surface area contributed by atoms with Crippen LogP contribution >= 0.6 is 0 Å². The van der Waals surface area contributed by atoms with Crippen molar-refractivity contribution >= 4 is 22.8 Å². The summed E-state index contributed by atoms with van der Waals surface area (Å²) in [5.74, 6) is 0.750. The van der Waals surface area contributed by atoms with Crippen LogP contribution in [0.2, 0.25) is 0 Å². The zero-order chi connectivity index (χ0) is 18.4. The maximum absolute atomic E-state index is 11.9. The molecule has 0 saturated carbocycles. The summed E-state index contributed by atoms with van der Waals surface area (Å²) in [7, 11) is 3.88. The summed E-state index contributed by atoms with van der Waals surface area (Å²) in [5.41, 5.74) is 0.720. The molecule has 1 N–H and O–H groups in total. The summed E-state index contributed by atoms with van der Waals surface area (Å²) < 4.78 is 11.4. The van der Waals surface area contributed by atoms with Gasteiger partial charge in [0.2, 0.25) is 11.9 Å². The second-order valence-electron chi connectivity index (χ2n) is 6.51. The summed E-state index contributed by atoms with van der Waals surface area (Å²) in [6, 6.07) is 5.65. The summed E-state index contributed by atoms with van der Waals surface area (Å²) in [5, 5.41) is 3.56. The van der Waals surface area contributed by atoms with Crippen LogP contribution in [0.5, 0.6) is 5.75 Å². The highest BCUT2D eigenvalue weighted by atomic mass is 16.5. The minimum Gasteiger partial charge on any atom is -0.491 e. The van der Waals surface area contributed by atoms with Crippen molar-refractivity contribution in [2.24, 2.45) is 0 Å². The highest BCUT2D eigenvalue weighted by Crippen LogP contribution is 2.21. The Morgan fingerprint density at radius 3 is 3.12 bits per heavy atom. The first-order chi connectivity index (χ1) is 12.6. The second-order valence-corrected chi connectivity index (χ2v) is 6.51. The molecule has 1 aromatic carbocycles. The molecule has 0 unspecified atom stereocenters. The highest BCUT2D eigenvalue weighted by molar-refractivity contribution is 5.98. The number of amides is 1. The van der Waals surface area contributed by atoms with Crippen molar-refractivity contribution in [2.75, 3.05) is 39.2 Å². The lowest BCUT2D eigenvalue weighted by Crippen LogP contribution is -2.16. The summed E-state index contributed by atoms with van der Waals surface area (Å²) in [6.45, 7) is 2.04. The minimum atomic E-state index is -0.253. The van der Waals surface area contributed by atoms with Gasteiger partial charge in [-0.05, 0) is 39.1 Å². The number of aromatic nitrogens is 2. The lowest BCUT2D eigenvalue weighted by atomic mass is 10.2. The Labute approximate surface area is 153 Å². The van der Waals surface area contributed by atoms with E-state index in [0.717, 1.165) is 36.1 Å². The number of carbonyl (C=O) groups excluding carboxylic acids is 1. The van der Waals surface area contributed by atoms with Crippen molar-refractivity contribution in [3.05, 3.63) is 36.5 Å². The van der Waals surface area contributed by atoms with Gasteiger partial charge in [-0.15, -0.1) is 0 Å². The van der Waals surface area contributed by atoms with E-state index in [1.165, 1.54) is 6.08 Å². The average molecular weight is 356 g/mol. The van der Waals surface area contributed by atoms with E-state index in [1.807, 2.05) is 37.2 Å². The Morgan fingerprint density at radius 2 is 2.35 bits per heavy atom. The molecule has 0 radical (unpaired) electrons. The predicted molar refractivity (Wildman–Crippen MR) is 100 cm³/mol. The fourth-order valence-electron chi connectivity index (χ4n) is 2.64. The van der Waals surface area contributed by atoms with Crippen LogP contribution in [0.3, 0.4) is 0 Å². The largest absolute Gasteiger partial charge is 0.491 e. The molecule has 2 heterocycles. The number of likely N-dealkylation sites (N-methyl/N-ethyl adjacent to an activating group) is 1. The lowest BCUT2D eigenvalue weighted by molar-refractivity contribution is -0.112. The Hall–Kier alpha value is -2.51. The molecule has 2 aromatic rings. The lowest BCUT2D eigenvalue weighted by Gasteiger charge is -2.12.